The molecule has 0 atom stereocenters. The SMILES string of the molecule is O=C(CSCc1nc(-c2ccccc2)cs1)NNC(=O)OCc1c(F)cccc1Cl. The molecule has 0 fully saturated rings. The topological polar surface area (TPSA) is 80.3 Å². The van der Waals surface area contributed by atoms with E-state index in [9.17, 15) is 14.0 Å². The molecule has 2 amide bonds. The van der Waals surface area contributed by atoms with Gasteiger partial charge in [0.25, 0.3) is 0 Å². The molecule has 10 heteroatoms. The Bertz CT molecular complexity index is 997. The fourth-order valence-electron chi connectivity index (χ4n) is 2.35. The molecule has 0 unspecified atom stereocenters. The average molecular weight is 466 g/mol. The van der Waals surface area contributed by atoms with Gasteiger partial charge in [0.1, 0.15) is 17.4 Å². The summed E-state index contributed by atoms with van der Waals surface area (Å²) in [6, 6.07) is 14.0. The van der Waals surface area contributed by atoms with Crippen LogP contribution < -0.4 is 10.9 Å². The Morgan fingerprint density at radius 1 is 1.13 bits per heavy atom. The second-order valence-electron chi connectivity index (χ2n) is 5.93. The van der Waals surface area contributed by atoms with Crippen LogP contribution in [0.5, 0.6) is 0 Å². The maximum Gasteiger partial charge on any atom is 0.426 e. The number of thioether (sulfide) groups is 1. The van der Waals surface area contributed by atoms with E-state index in [1.54, 1.807) is 0 Å². The minimum Gasteiger partial charge on any atom is -0.443 e. The third-order valence-corrected chi connectivity index (χ3v) is 6.12. The van der Waals surface area contributed by atoms with Gasteiger partial charge < -0.3 is 4.74 Å². The van der Waals surface area contributed by atoms with E-state index >= 15 is 0 Å². The van der Waals surface area contributed by atoms with Gasteiger partial charge in [0.2, 0.25) is 5.91 Å². The molecule has 0 radical (unpaired) electrons. The van der Waals surface area contributed by atoms with Crippen LogP contribution in [0.3, 0.4) is 0 Å². The van der Waals surface area contributed by atoms with Gasteiger partial charge in [-0.25, -0.2) is 19.6 Å². The summed E-state index contributed by atoms with van der Waals surface area (Å²) in [6.45, 7) is -0.351. The summed E-state index contributed by atoms with van der Waals surface area (Å²) in [4.78, 5) is 28.0. The minimum absolute atomic E-state index is 0.0644. The summed E-state index contributed by atoms with van der Waals surface area (Å²) in [5, 5.41) is 3.03. The highest BCUT2D eigenvalue weighted by atomic mass is 35.5. The Morgan fingerprint density at radius 2 is 1.93 bits per heavy atom. The number of benzene rings is 2. The van der Waals surface area contributed by atoms with Crippen LogP contribution in [0.1, 0.15) is 10.6 Å². The van der Waals surface area contributed by atoms with Crippen LogP contribution in [0.4, 0.5) is 9.18 Å². The second kappa shape index (κ2) is 11.0. The molecule has 1 heterocycles. The quantitative estimate of drug-likeness (QED) is 0.490. The van der Waals surface area contributed by atoms with Crippen LogP contribution in [-0.4, -0.2) is 22.7 Å². The van der Waals surface area contributed by atoms with Crippen molar-refractivity contribution in [2.24, 2.45) is 0 Å². The van der Waals surface area contributed by atoms with Crippen molar-refractivity contribution in [3.8, 4) is 11.3 Å². The normalized spacial score (nSPS) is 10.5. The molecule has 156 valence electrons. The molecule has 1 aromatic heterocycles. The van der Waals surface area contributed by atoms with Gasteiger partial charge in [0.15, 0.2) is 0 Å². The molecule has 6 nitrogen and oxygen atoms in total. The molecular weight excluding hydrogens is 449 g/mol. The first-order chi connectivity index (χ1) is 14.5. The van der Waals surface area contributed by atoms with E-state index < -0.39 is 17.8 Å². The number of aromatic nitrogens is 1. The summed E-state index contributed by atoms with van der Waals surface area (Å²) in [5.41, 5.74) is 6.36. The molecule has 0 bridgehead atoms. The van der Waals surface area contributed by atoms with Crippen LogP contribution >= 0.6 is 34.7 Å². The molecule has 0 aliphatic rings. The number of nitrogens with one attached hydrogen (secondary N) is 2. The highest BCUT2D eigenvalue weighted by Gasteiger charge is 2.11. The molecule has 3 aromatic rings. The maximum atomic E-state index is 13.6. The standard InChI is InChI=1S/C20H17ClFN3O3S2/c21-15-7-4-8-16(22)14(15)9-28-20(27)25-24-18(26)11-29-12-19-23-17(10-30-19)13-5-2-1-3-6-13/h1-8,10H,9,11-12H2,(H,24,26)(H,25,27). The number of nitrogens with zero attached hydrogens (tertiary/aromatic N) is 1. The van der Waals surface area contributed by atoms with Crippen molar-refractivity contribution in [1.29, 1.82) is 0 Å². The Balaban J connectivity index is 1.35. The number of amides is 2. The summed E-state index contributed by atoms with van der Waals surface area (Å²) in [7, 11) is 0. The molecule has 3 rings (SSSR count). The summed E-state index contributed by atoms with van der Waals surface area (Å²) < 4.78 is 18.5. The molecule has 0 saturated heterocycles. The summed E-state index contributed by atoms with van der Waals surface area (Å²) in [6.07, 6.45) is -0.917. The van der Waals surface area contributed by atoms with Crippen molar-refractivity contribution in [2.75, 3.05) is 5.75 Å². The molecule has 30 heavy (non-hydrogen) atoms. The van der Waals surface area contributed by atoms with Crippen molar-refractivity contribution in [1.82, 2.24) is 15.8 Å². The molecule has 2 N–H and O–H groups in total. The lowest BCUT2D eigenvalue weighted by molar-refractivity contribution is -0.119. The van der Waals surface area contributed by atoms with Crippen molar-refractivity contribution in [3.05, 3.63) is 75.3 Å². The predicted molar refractivity (Wildman–Crippen MR) is 117 cm³/mol. The zero-order valence-corrected chi connectivity index (χ0v) is 18.0. The van der Waals surface area contributed by atoms with Crippen LogP contribution in [0.25, 0.3) is 11.3 Å². The minimum atomic E-state index is -0.917. The van der Waals surface area contributed by atoms with Crippen LogP contribution in [0.15, 0.2) is 53.9 Å². The van der Waals surface area contributed by atoms with E-state index in [0.29, 0.717) is 5.75 Å². The lowest BCUT2D eigenvalue weighted by Crippen LogP contribution is -2.42. The molecule has 0 saturated carbocycles. The third-order valence-electron chi connectivity index (χ3n) is 3.79. The number of carbonyl (C=O) groups is 2. The van der Waals surface area contributed by atoms with Gasteiger partial charge in [-0.15, -0.1) is 23.1 Å². The van der Waals surface area contributed by atoms with Crippen LogP contribution in [0, 0.1) is 5.82 Å². The van der Waals surface area contributed by atoms with Gasteiger partial charge >= 0.3 is 6.09 Å². The molecule has 0 aliphatic carbocycles. The number of carbonyl (C=O) groups excluding carboxylic acids is 2. The number of hydrogen-bond donors (Lipinski definition) is 2. The number of ether oxygens (including phenoxy) is 1. The third kappa shape index (κ3) is 6.45. The first-order valence-electron chi connectivity index (χ1n) is 8.75. The van der Waals surface area contributed by atoms with Gasteiger partial charge in [-0.05, 0) is 12.1 Å². The molecule has 0 aliphatic heterocycles. The zero-order valence-electron chi connectivity index (χ0n) is 15.6. The van der Waals surface area contributed by atoms with Crippen molar-refractivity contribution in [2.45, 2.75) is 12.4 Å². The maximum absolute atomic E-state index is 13.6. The molecule has 0 spiro atoms. The number of halogens is 2. The van der Waals surface area contributed by atoms with Gasteiger partial charge in [0.05, 0.1) is 16.5 Å². The van der Waals surface area contributed by atoms with Crippen molar-refractivity contribution >= 4 is 46.7 Å². The lowest BCUT2D eigenvalue weighted by atomic mass is 10.2. The van der Waals surface area contributed by atoms with Gasteiger partial charge in [0, 0.05) is 22.3 Å². The largest absolute Gasteiger partial charge is 0.443 e. The molecule has 2 aromatic carbocycles. The monoisotopic (exact) mass is 465 g/mol. The van der Waals surface area contributed by atoms with E-state index in [-0.39, 0.29) is 22.9 Å². The van der Waals surface area contributed by atoms with Gasteiger partial charge in [-0.2, -0.15) is 0 Å². The van der Waals surface area contributed by atoms with Crippen molar-refractivity contribution < 1.29 is 18.7 Å². The smallest absolute Gasteiger partial charge is 0.426 e. The highest BCUT2D eigenvalue weighted by molar-refractivity contribution is 7.99. The van der Waals surface area contributed by atoms with Gasteiger partial charge in [-0.3, -0.25) is 10.2 Å². The predicted octanol–water partition coefficient (Wildman–Crippen LogP) is 4.79. The van der Waals surface area contributed by atoms with Crippen LogP contribution in [-0.2, 0) is 21.9 Å². The van der Waals surface area contributed by atoms with Crippen LogP contribution in [0.2, 0.25) is 5.02 Å². The Morgan fingerprint density at radius 3 is 2.70 bits per heavy atom. The van der Waals surface area contributed by atoms with E-state index in [0.717, 1.165) is 16.3 Å². The first kappa shape index (κ1) is 22.1. The fraction of sp³-hybridized carbons (Fsp3) is 0.150. The molecular formula is C20H17ClFN3O3S2. The van der Waals surface area contributed by atoms with Gasteiger partial charge in [-0.1, -0.05) is 48.0 Å². The first-order valence-corrected chi connectivity index (χ1v) is 11.2. The second-order valence-corrected chi connectivity index (χ2v) is 8.27. The highest BCUT2D eigenvalue weighted by Crippen LogP contribution is 2.24. The average Bonchev–Trinajstić information content (AvgIpc) is 3.21. The van der Waals surface area contributed by atoms with E-state index in [1.165, 1.54) is 41.3 Å². The Labute approximate surface area is 185 Å². The van der Waals surface area contributed by atoms with E-state index in [1.807, 2.05) is 35.7 Å². The number of thiazole rings is 1. The number of hydrazine groups is 1. The number of rotatable bonds is 7. The lowest BCUT2D eigenvalue weighted by Gasteiger charge is -2.09. The summed E-state index contributed by atoms with van der Waals surface area (Å²) in [5.74, 6) is -0.282. The van der Waals surface area contributed by atoms with Crippen molar-refractivity contribution in [3.63, 3.8) is 0 Å². The Kier molecular flexibility index (Phi) is 8.06. The zero-order chi connectivity index (χ0) is 21.3. The summed E-state index contributed by atoms with van der Waals surface area (Å²) >= 11 is 8.75. The fourth-order valence-corrected chi connectivity index (χ4v) is 4.28. The van der Waals surface area contributed by atoms with E-state index in [4.69, 9.17) is 16.3 Å². The number of hydrogen-bond acceptors (Lipinski definition) is 6. The van der Waals surface area contributed by atoms with E-state index in [2.05, 4.69) is 15.8 Å². The Hall–Kier alpha value is -2.62.